The van der Waals surface area contributed by atoms with Crippen molar-refractivity contribution in [2.45, 2.75) is 6.92 Å². The van der Waals surface area contributed by atoms with E-state index in [-0.39, 0.29) is 5.91 Å². The summed E-state index contributed by atoms with van der Waals surface area (Å²) >= 11 is 2.13. The molecule has 6 heteroatoms. The first-order valence-electron chi connectivity index (χ1n) is 8.76. The number of rotatable bonds is 7. The fraction of sp³-hybridized carbons (Fsp3) is 0.136. The standard InChI is InChI=1S/C22H20INO4/c1-3-27-21-17(23)13-15(14-20(21)26-2)22(25)24-18-11-7-8-12-19(18)28-16-9-5-4-6-10-16/h4-14H,3H2,1-2H3,(H,24,25). The summed E-state index contributed by atoms with van der Waals surface area (Å²) in [6.45, 7) is 2.42. The number of ether oxygens (including phenoxy) is 3. The van der Waals surface area contributed by atoms with Crippen LogP contribution in [0.5, 0.6) is 23.0 Å². The molecule has 0 saturated heterocycles. The lowest BCUT2D eigenvalue weighted by atomic mass is 10.1. The lowest BCUT2D eigenvalue weighted by Crippen LogP contribution is -2.13. The van der Waals surface area contributed by atoms with Gasteiger partial charge in [-0.2, -0.15) is 0 Å². The van der Waals surface area contributed by atoms with Crippen LogP contribution in [-0.4, -0.2) is 19.6 Å². The minimum absolute atomic E-state index is 0.261. The van der Waals surface area contributed by atoms with Gasteiger partial charge in [-0.1, -0.05) is 30.3 Å². The Morgan fingerprint density at radius 2 is 1.71 bits per heavy atom. The van der Waals surface area contributed by atoms with Crippen molar-refractivity contribution >= 4 is 34.2 Å². The normalized spacial score (nSPS) is 10.2. The van der Waals surface area contributed by atoms with Crippen LogP contribution in [0.25, 0.3) is 0 Å². The van der Waals surface area contributed by atoms with Crippen LogP contribution < -0.4 is 19.5 Å². The van der Waals surface area contributed by atoms with Crippen LogP contribution in [0.15, 0.2) is 66.7 Å². The zero-order chi connectivity index (χ0) is 19.9. The maximum Gasteiger partial charge on any atom is 0.255 e. The van der Waals surface area contributed by atoms with Crippen molar-refractivity contribution in [3.63, 3.8) is 0 Å². The van der Waals surface area contributed by atoms with Crippen LogP contribution in [0.4, 0.5) is 5.69 Å². The van der Waals surface area contributed by atoms with Gasteiger partial charge in [0, 0.05) is 5.56 Å². The molecular formula is C22H20INO4. The third kappa shape index (κ3) is 4.75. The van der Waals surface area contributed by atoms with Crippen LogP contribution in [0, 0.1) is 3.57 Å². The second kappa shape index (κ2) is 9.45. The van der Waals surface area contributed by atoms with E-state index >= 15 is 0 Å². The molecule has 5 nitrogen and oxygen atoms in total. The number of carbonyl (C=O) groups is 1. The number of halogens is 1. The number of amides is 1. The molecule has 0 aromatic heterocycles. The maximum atomic E-state index is 12.8. The third-order valence-electron chi connectivity index (χ3n) is 3.89. The van der Waals surface area contributed by atoms with Crippen molar-refractivity contribution in [1.82, 2.24) is 0 Å². The van der Waals surface area contributed by atoms with Crippen molar-refractivity contribution in [2.24, 2.45) is 0 Å². The van der Waals surface area contributed by atoms with Gasteiger partial charge in [0.2, 0.25) is 0 Å². The summed E-state index contributed by atoms with van der Waals surface area (Å²) in [5, 5.41) is 2.91. The summed E-state index contributed by atoms with van der Waals surface area (Å²) in [5.74, 6) is 2.15. The molecule has 0 bridgehead atoms. The molecule has 0 unspecified atom stereocenters. The SMILES string of the molecule is CCOc1c(I)cc(C(=O)Nc2ccccc2Oc2ccccc2)cc1OC. The van der Waals surface area contributed by atoms with Crippen molar-refractivity contribution in [1.29, 1.82) is 0 Å². The quantitative estimate of drug-likeness (QED) is 0.430. The summed E-state index contributed by atoms with van der Waals surface area (Å²) < 4.78 is 17.7. The van der Waals surface area contributed by atoms with E-state index in [0.29, 0.717) is 40.9 Å². The van der Waals surface area contributed by atoms with E-state index in [0.717, 1.165) is 3.57 Å². The molecule has 28 heavy (non-hydrogen) atoms. The van der Waals surface area contributed by atoms with Crippen molar-refractivity contribution in [2.75, 3.05) is 19.0 Å². The Kier molecular flexibility index (Phi) is 6.76. The third-order valence-corrected chi connectivity index (χ3v) is 4.69. The molecule has 0 aliphatic carbocycles. The summed E-state index contributed by atoms with van der Waals surface area (Å²) in [6, 6.07) is 20.2. The number of benzene rings is 3. The van der Waals surface area contributed by atoms with E-state index in [1.165, 1.54) is 0 Å². The highest BCUT2D eigenvalue weighted by Gasteiger charge is 2.17. The molecule has 0 radical (unpaired) electrons. The molecule has 144 valence electrons. The molecule has 0 aliphatic heterocycles. The van der Waals surface area contributed by atoms with E-state index in [4.69, 9.17) is 14.2 Å². The molecule has 3 aromatic carbocycles. The van der Waals surface area contributed by atoms with Gasteiger partial charge >= 0.3 is 0 Å². The first-order chi connectivity index (χ1) is 13.6. The lowest BCUT2D eigenvalue weighted by molar-refractivity contribution is 0.102. The Bertz CT molecular complexity index is 960. The smallest absolute Gasteiger partial charge is 0.255 e. The maximum absolute atomic E-state index is 12.8. The van der Waals surface area contributed by atoms with Gasteiger partial charge in [-0.25, -0.2) is 0 Å². The fourth-order valence-electron chi connectivity index (χ4n) is 2.60. The van der Waals surface area contributed by atoms with Crippen LogP contribution in [0.1, 0.15) is 17.3 Å². The topological polar surface area (TPSA) is 56.8 Å². The van der Waals surface area contributed by atoms with E-state index in [9.17, 15) is 4.79 Å². The number of anilines is 1. The molecule has 0 saturated carbocycles. The van der Waals surface area contributed by atoms with E-state index in [1.54, 1.807) is 25.3 Å². The average Bonchev–Trinajstić information content (AvgIpc) is 2.71. The molecule has 0 aliphatic rings. The van der Waals surface area contributed by atoms with Crippen LogP contribution >= 0.6 is 22.6 Å². The molecular weight excluding hydrogens is 469 g/mol. The fourth-order valence-corrected chi connectivity index (χ4v) is 3.36. The molecule has 0 spiro atoms. The van der Waals surface area contributed by atoms with Gasteiger partial charge in [0.1, 0.15) is 5.75 Å². The van der Waals surface area contributed by atoms with Crippen molar-refractivity contribution in [3.05, 3.63) is 75.9 Å². The predicted octanol–water partition coefficient (Wildman–Crippen LogP) is 5.74. The largest absolute Gasteiger partial charge is 0.493 e. The zero-order valence-electron chi connectivity index (χ0n) is 15.6. The number of nitrogens with one attached hydrogen (secondary N) is 1. The summed E-state index contributed by atoms with van der Waals surface area (Å²) in [7, 11) is 1.55. The number of hydrogen-bond acceptors (Lipinski definition) is 4. The van der Waals surface area contributed by atoms with E-state index in [1.807, 2.05) is 55.5 Å². The lowest BCUT2D eigenvalue weighted by Gasteiger charge is -2.15. The van der Waals surface area contributed by atoms with Gasteiger partial charge in [0.05, 0.1) is 23.0 Å². The van der Waals surface area contributed by atoms with Crippen LogP contribution in [-0.2, 0) is 0 Å². The molecule has 3 rings (SSSR count). The summed E-state index contributed by atoms with van der Waals surface area (Å²) in [5.41, 5.74) is 1.05. The minimum Gasteiger partial charge on any atom is -0.493 e. The highest BCUT2D eigenvalue weighted by Crippen LogP contribution is 2.35. The van der Waals surface area contributed by atoms with Crippen LogP contribution in [0.3, 0.4) is 0 Å². The Hall–Kier alpha value is -2.74. The van der Waals surface area contributed by atoms with Crippen molar-refractivity contribution in [3.8, 4) is 23.0 Å². The van der Waals surface area contributed by atoms with Gasteiger partial charge in [0.25, 0.3) is 5.91 Å². The molecule has 3 aromatic rings. The molecule has 1 amide bonds. The molecule has 0 heterocycles. The van der Waals surface area contributed by atoms with Crippen molar-refractivity contribution < 1.29 is 19.0 Å². The van der Waals surface area contributed by atoms with Gasteiger partial charge in [-0.05, 0) is 65.9 Å². The zero-order valence-corrected chi connectivity index (χ0v) is 17.7. The average molecular weight is 489 g/mol. The minimum atomic E-state index is -0.261. The van der Waals surface area contributed by atoms with Gasteiger partial charge in [-0.15, -0.1) is 0 Å². The monoisotopic (exact) mass is 489 g/mol. The molecule has 1 N–H and O–H groups in total. The molecule has 0 fully saturated rings. The van der Waals surface area contributed by atoms with Gasteiger partial charge < -0.3 is 19.5 Å². The Labute approximate surface area is 177 Å². The summed E-state index contributed by atoms with van der Waals surface area (Å²) in [4.78, 5) is 12.8. The molecule has 0 atom stereocenters. The van der Waals surface area contributed by atoms with Gasteiger partial charge in [0.15, 0.2) is 17.2 Å². The van der Waals surface area contributed by atoms with Crippen LogP contribution in [0.2, 0.25) is 0 Å². The number of hydrogen-bond donors (Lipinski definition) is 1. The van der Waals surface area contributed by atoms with Gasteiger partial charge in [-0.3, -0.25) is 4.79 Å². The number of carbonyl (C=O) groups excluding carboxylic acids is 1. The first kappa shape index (κ1) is 20.0. The Morgan fingerprint density at radius 3 is 2.43 bits per heavy atom. The Balaban J connectivity index is 1.85. The predicted molar refractivity (Wildman–Crippen MR) is 118 cm³/mol. The number of methoxy groups -OCH3 is 1. The number of para-hydroxylation sites is 3. The highest BCUT2D eigenvalue weighted by atomic mass is 127. The second-order valence-electron chi connectivity index (χ2n) is 5.79. The van der Waals surface area contributed by atoms with E-state index < -0.39 is 0 Å². The first-order valence-corrected chi connectivity index (χ1v) is 9.84. The Morgan fingerprint density at radius 1 is 1.00 bits per heavy atom. The second-order valence-corrected chi connectivity index (χ2v) is 6.95. The summed E-state index contributed by atoms with van der Waals surface area (Å²) in [6.07, 6.45) is 0. The highest BCUT2D eigenvalue weighted by molar-refractivity contribution is 14.1. The van der Waals surface area contributed by atoms with E-state index in [2.05, 4.69) is 27.9 Å².